The Morgan fingerprint density at radius 1 is 0.960 bits per heavy atom. The van der Waals surface area contributed by atoms with Crippen LogP contribution in [0, 0.1) is 5.82 Å². The van der Waals surface area contributed by atoms with E-state index in [0.717, 1.165) is 5.56 Å². The van der Waals surface area contributed by atoms with E-state index in [2.05, 4.69) is 4.98 Å². The van der Waals surface area contributed by atoms with Gasteiger partial charge in [-0.1, -0.05) is 36.4 Å². The molecule has 1 aromatic heterocycles. The lowest BCUT2D eigenvalue weighted by Crippen LogP contribution is -2.23. The number of ketones is 2. The molecule has 0 bridgehead atoms. The molecule has 0 N–H and O–H groups in total. The normalized spacial score (nSPS) is 12.9. The third-order valence-electron chi connectivity index (χ3n) is 4.48. The monoisotopic (exact) mass is 334 g/mol. The molecule has 0 amide bonds. The molecule has 4 nitrogen and oxygen atoms in total. The lowest BCUT2D eigenvalue weighted by Gasteiger charge is -2.15. The first-order valence-electron chi connectivity index (χ1n) is 8.12. The number of imidazole rings is 1. The maximum absolute atomic E-state index is 13.1. The van der Waals surface area contributed by atoms with Gasteiger partial charge in [-0.25, -0.2) is 9.37 Å². The molecule has 0 unspecified atom stereocenters. The van der Waals surface area contributed by atoms with Crippen molar-refractivity contribution in [2.45, 2.75) is 19.9 Å². The van der Waals surface area contributed by atoms with Crippen molar-refractivity contribution in [1.82, 2.24) is 9.55 Å². The van der Waals surface area contributed by atoms with Gasteiger partial charge < -0.3 is 4.57 Å². The molecule has 0 atom stereocenters. The van der Waals surface area contributed by atoms with Gasteiger partial charge in [0.15, 0.2) is 0 Å². The van der Waals surface area contributed by atoms with Crippen LogP contribution in [0.5, 0.6) is 0 Å². The summed E-state index contributed by atoms with van der Waals surface area (Å²) in [7, 11) is 0. The van der Waals surface area contributed by atoms with Gasteiger partial charge in [-0.2, -0.15) is 0 Å². The van der Waals surface area contributed by atoms with Crippen LogP contribution in [0.25, 0.3) is 0 Å². The van der Waals surface area contributed by atoms with Gasteiger partial charge in [0, 0.05) is 24.1 Å². The van der Waals surface area contributed by atoms with Crippen molar-refractivity contribution in [2.75, 3.05) is 0 Å². The van der Waals surface area contributed by atoms with Crippen LogP contribution in [0.2, 0.25) is 0 Å². The second-order valence-electron chi connectivity index (χ2n) is 5.98. The van der Waals surface area contributed by atoms with Crippen LogP contribution in [0.4, 0.5) is 4.39 Å². The quantitative estimate of drug-likeness (QED) is 0.577. The maximum atomic E-state index is 13.1. The van der Waals surface area contributed by atoms with Gasteiger partial charge in [-0.3, -0.25) is 9.59 Å². The fraction of sp³-hybridized carbons (Fsp3) is 0.150. The molecule has 0 radical (unpaired) electrons. The minimum Gasteiger partial charge on any atom is -0.325 e. The van der Waals surface area contributed by atoms with Crippen molar-refractivity contribution in [3.63, 3.8) is 0 Å². The summed E-state index contributed by atoms with van der Waals surface area (Å²) in [6.45, 7) is 2.44. The number of carbonyl (C=O) groups is 2. The van der Waals surface area contributed by atoms with E-state index in [0.29, 0.717) is 35.6 Å². The molecule has 4 rings (SSSR count). The third-order valence-corrected chi connectivity index (χ3v) is 4.48. The molecule has 1 aliphatic rings. The number of benzene rings is 2. The molecule has 1 aliphatic carbocycles. The number of halogens is 1. The van der Waals surface area contributed by atoms with E-state index in [9.17, 15) is 14.0 Å². The van der Waals surface area contributed by atoms with E-state index in [1.165, 1.54) is 12.1 Å². The summed E-state index contributed by atoms with van der Waals surface area (Å²) < 4.78 is 14.9. The first-order chi connectivity index (χ1) is 12.1. The minimum atomic E-state index is -0.303. The van der Waals surface area contributed by atoms with E-state index in [-0.39, 0.29) is 23.1 Å². The number of nitrogens with zero attached hydrogens (tertiary/aromatic N) is 2. The summed E-state index contributed by atoms with van der Waals surface area (Å²) in [5.41, 5.74) is 2.25. The van der Waals surface area contributed by atoms with Crippen LogP contribution in [0.1, 0.15) is 50.4 Å². The Bertz CT molecular complexity index is 1000. The van der Waals surface area contributed by atoms with Gasteiger partial charge in [0.2, 0.25) is 11.6 Å². The molecule has 124 valence electrons. The number of aromatic nitrogens is 2. The highest BCUT2D eigenvalue weighted by Gasteiger charge is 2.35. The molecule has 2 aromatic carbocycles. The van der Waals surface area contributed by atoms with Crippen molar-refractivity contribution in [3.8, 4) is 0 Å². The Kier molecular flexibility index (Phi) is 3.57. The van der Waals surface area contributed by atoms with Crippen molar-refractivity contribution in [2.24, 2.45) is 0 Å². The van der Waals surface area contributed by atoms with E-state index >= 15 is 0 Å². The smallest absolute Gasteiger partial charge is 0.214 e. The number of hydrogen-bond acceptors (Lipinski definition) is 3. The minimum absolute atomic E-state index is 0.176. The fourth-order valence-corrected chi connectivity index (χ4v) is 3.28. The summed E-state index contributed by atoms with van der Waals surface area (Å²) >= 11 is 0. The highest BCUT2D eigenvalue weighted by atomic mass is 19.1. The summed E-state index contributed by atoms with van der Waals surface area (Å²) in [6, 6.07) is 13.0. The highest BCUT2D eigenvalue weighted by molar-refractivity contribution is 6.27. The summed E-state index contributed by atoms with van der Waals surface area (Å²) in [4.78, 5) is 30.1. The molecule has 0 aliphatic heterocycles. The molecule has 3 aromatic rings. The number of carbonyl (C=O) groups excluding carboxylic acids is 2. The second-order valence-corrected chi connectivity index (χ2v) is 5.98. The third kappa shape index (κ3) is 2.39. The Morgan fingerprint density at radius 3 is 2.24 bits per heavy atom. The van der Waals surface area contributed by atoms with Crippen LogP contribution in [-0.2, 0) is 13.0 Å². The van der Waals surface area contributed by atoms with Gasteiger partial charge in [-0.05, 0) is 24.6 Å². The first-order valence-corrected chi connectivity index (χ1v) is 8.12. The van der Waals surface area contributed by atoms with Crippen molar-refractivity contribution < 1.29 is 14.0 Å². The number of hydrogen-bond donors (Lipinski definition) is 0. The van der Waals surface area contributed by atoms with Crippen molar-refractivity contribution >= 4 is 11.6 Å². The van der Waals surface area contributed by atoms with Crippen LogP contribution in [0.15, 0.2) is 48.5 Å². The molecule has 25 heavy (non-hydrogen) atoms. The van der Waals surface area contributed by atoms with Crippen LogP contribution in [-0.4, -0.2) is 21.1 Å². The first kappa shape index (κ1) is 15.4. The van der Waals surface area contributed by atoms with E-state index in [1.54, 1.807) is 41.0 Å². The number of rotatable bonds is 3. The molecule has 0 saturated carbocycles. The lowest BCUT2D eigenvalue weighted by molar-refractivity contribution is 0.0971. The zero-order valence-corrected chi connectivity index (χ0v) is 13.6. The Balaban J connectivity index is 1.83. The number of fused-ring (bicyclic) bond motifs is 2. The zero-order chi connectivity index (χ0) is 17.6. The SMILES string of the molecule is CCn1c(Cc2ccc(F)cc2)nc2c1C(=O)c1ccccc1C2=O. The fourth-order valence-electron chi connectivity index (χ4n) is 3.28. The van der Waals surface area contributed by atoms with Gasteiger partial charge in [0.25, 0.3) is 0 Å². The highest BCUT2D eigenvalue weighted by Crippen LogP contribution is 2.28. The Hall–Kier alpha value is -3.08. The zero-order valence-electron chi connectivity index (χ0n) is 13.6. The second kappa shape index (κ2) is 5.77. The molecule has 0 fully saturated rings. The average Bonchev–Trinajstić information content (AvgIpc) is 3.00. The summed E-state index contributed by atoms with van der Waals surface area (Å²) in [5, 5.41) is 0. The molecular weight excluding hydrogens is 319 g/mol. The van der Waals surface area contributed by atoms with Crippen LogP contribution in [0.3, 0.4) is 0 Å². The summed E-state index contributed by atoms with van der Waals surface area (Å²) in [5.74, 6) is -0.0704. The van der Waals surface area contributed by atoms with Gasteiger partial charge in [0.1, 0.15) is 23.0 Å². The maximum Gasteiger partial charge on any atom is 0.214 e. The predicted molar refractivity (Wildman–Crippen MR) is 90.4 cm³/mol. The lowest BCUT2D eigenvalue weighted by atomic mass is 9.90. The van der Waals surface area contributed by atoms with Crippen molar-refractivity contribution in [3.05, 3.63) is 88.3 Å². The van der Waals surface area contributed by atoms with Gasteiger partial charge in [-0.15, -0.1) is 0 Å². The summed E-state index contributed by atoms with van der Waals surface area (Å²) in [6.07, 6.45) is 0.429. The van der Waals surface area contributed by atoms with Crippen LogP contribution < -0.4 is 0 Å². The van der Waals surface area contributed by atoms with Gasteiger partial charge >= 0.3 is 0 Å². The Morgan fingerprint density at radius 2 is 1.60 bits per heavy atom. The largest absolute Gasteiger partial charge is 0.325 e. The molecule has 1 heterocycles. The van der Waals surface area contributed by atoms with Gasteiger partial charge in [0.05, 0.1) is 0 Å². The standard InChI is InChI=1S/C20H15FN2O2/c1-2-23-16(11-12-7-9-13(21)10-8-12)22-17-18(23)20(25)15-6-4-3-5-14(15)19(17)24/h3-10H,2,11H2,1H3. The Labute approximate surface area is 143 Å². The molecule has 0 saturated heterocycles. The average molecular weight is 334 g/mol. The topological polar surface area (TPSA) is 52.0 Å². The molecule has 0 spiro atoms. The van der Waals surface area contributed by atoms with E-state index in [4.69, 9.17) is 0 Å². The molecule has 5 heteroatoms. The van der Waals surface area contributed by atoms with E-state index < -0.39 is 0 Å². The van der Waals surface area contributed by atoms with Crippen molar-refractivity contribution in [1.29, 1.82) is 0 Å². The predicted octanol–water partition coefficient (Wildman–Crippen LogP) is 3.41. The van der Waals surface area contributed by atoms with E-state index in [1.807, 2.05) is 6.92 Å². The molecular formula is C20H15FN2O2. The van der Waals surface area contributed by atoms with Crippen LogP contribution >= 0.6 is 0 Å².